The van der Waals surface area contributed by atoms with Crippen molar-refractivity contribution in [2.24, 2.45) is 5.92 Å². The molecule has 2 saturated heterocycles. The Bertz CT molecular complexity index is 526. The summed E-state index contributed by atoms with van der Waals surface area (Å²) in [4.78, 5) is 12.2. The molecule has 2 fully saturated rings. The van der Waals surface area contributed by atoms with Gasteiger partial charge < -0.3 is 14.7 Å². The monoisotopic (exact) mass is 332 g/mol. The highest BCUT2D eigenvalue weighted by atomic mass is 15.3. The van der Waals surface area contributed by atoms with E-state index in [1.54, 1.807) is 0 Å². The number of rotatable bonds is 5. The fraction of sp³-hybridized carbons (Fsp3) is 0.833. The molecular formula is C18H32N6. The third kappa shape index (κ3) is 4.22. The molecule has 1 atom stereocenters. The maximum Gasteiger partial charge on any atom is 0.245 e. The molecule has 0 saturated carbocycles. The largest absolute Gasteiger partial charge is 0.339 e. The average Bonchev–Trinajstić information content (AvgIpc) is 2.63. The van der Waals surface area contributed by atoms with Crippen molar-refractivity contribution in [1.82, 2.24) is 25.0 Å². The summed E-state index contributed by atoms with van der Waals surface area (Å²) >= 11 is 0. The van der Waals surface area contributed by atoms with Gasteiger partial charge in [0.05, 0.1) is 11.4 Å². The lowest BCUT2D eigenvalue weighted by atomic mass is 9.97. The SMILES string of the molecule is CCc1nnc(N2CCCC(CN3CCN(C)CC3)C2)nc1CC. The van der Waals surface area contributed by atoms with Crippen LogP contribution in [0.5, 0.6) is 0 Å². The molecule has 0 aliphatic carbocycles. The Labute approximate surface area is 146 Å². The van der Waals surface area contributed by atoms with Crippen molar-refractivity contribution >= 4 is 5.95 Å². The Balaban J connectivity index is 1.61. The minimum absolute atomic E-state index is 0.724. The summed E-state index contributed by atoms with van der Waals surface area (Å²) in [5.74, 6) is 1.56. The van der Waals surface area contributed by atoms with Crippen molar-refractivity contribution in [3.05, 3.63) is 11.4 Å². The summed E-state index contributed by atoms with van der Waals surface area (Å²) in [5, 5.41) is 8.84. The van der Waals surface area contributed by atoms with E-state index in [-0.39, 0.29) is 0 Å². The number of nitrogens with zero attached hydrogens (tertiary/aromatic N) is 6. The molecule has 0 amide bonds. The number of hydrogen-bond donors (Lipinski definition) is 0. The summed E-state index contributed by atoms with van der Waals surface area (Å²) in [7, 11) is 2.22. The van der Waals surface area contributed by atoms with Crippen LogP contribution in [0.1, 0.15) is 38.1 Å². The van der Waals surface area contributed by atoms with E-state index < -0.39 is 0 Å². The predicted molar refractivity (Wildman–Crippen MR) is 97.5 cm³/mol. The maximum absolute atomic E-state index is 4.81. The van der Waals surface area contributed by atoms with Gasteiger partial charge in [-0.2, -0.15) is 5.10 Å². The first-order chi connectivity index (χ1) is 11.7. The molecule has 6 heteroatoms. The molecule has 1 aromatic heterocycles. The number of piperidine rings is 1. The minimum atomic E-state index is 0.724. The zero-order valence-electron chi connectivity index (χ0n) is 15.5. The Kier molecular flexibility index (Phi) is 6.00. The normalized spacial score (nSPS) is 23.6. The number of anilines is 1. The second-order valence-electron chi connectivity index (χ2n) is 7.27. The first-order valence-electron chi connectivity index (χ1n) is 9.57. The predicted octanol–water partition coefficient (Wildman–Crippen LogP) is 1.46. The van der Waals surface area contributed by atoms with Crippen LogP contribution in [0.4, 0.5) is 5.95 Å². The molecule has 134 valence electrons. The van der Waals surface area contributed by atoms with E-state index in [9.17, 15) is 0 Å². The van der Waals surface area contributed by atoms with Gasteiger partial charge >= 0.3 is 0 Å². The number of aromatic nitrogens is 3. The Hall–Kier alpha value is -1.27. The van der Waals surface area contributed by atoms with Crippen LogP contribution in [0.15, 0.2) is 0 Å². The number of likely N-dealkylation sites (N-methyl/N-ethyl adjacent to an activating group) is 1. The third-order valence-corrected chi connectivity index (χ3v) is 5.41. The van der Waals surface area contributed by atoms with Crippen LogP contribution >= 0.6 is 0 Å². The van der Waals surface area contributed by atoms with Gasteiger partial charge in [-0.05, 0) is 38.6 Å². The van der Waals surface area contributed by atoms with Crippen molar-refractivity contribution in [3.8, 4) is 0 Å². The van der Waals surface area contributed by atoms with Gasteiger partial charge in [-0.15, -0.1) is 5.10 Å². The summed E-state index contributed by atoms with van der Waals surface area (Å²) in [6.07, 6.45) is 4.41. The minimum Gasteiger partial charge on any atom is -0.339 e. The molecule has 0 bridgehead atoms. The van der Waals surface area contributed by atoms with Crippen LogP contribution in [-0.4, -0.2) is 77.8 Å². The van der Waals surface area contributed by atoms with Crippen LogP contribution in [0.25, 0.3) is 0 Å². The van der Waals surface area contributed by atoms with E-state index in [1.165, 1.54) is 45.6 Å². The molecule has 0 N–H and O–H groups in total. The molecule has 0 radical (unpaired) electrons. The Morgan fingerprint density at radius 2 is 1.71 bits per heavy atom. The van der Waals surface area contributed by atoms with Gasteiger partial charge in [0.2, 0.25) is 5.95 Å². The lowest BCUT2D eigenvalue weighted by molar-refractivity contribution is 0.131. The van der Waals surface area contributed by atoms with E-state index in [2.05, 4.69) is 45.8 Å². The van der Waals surface area contributed by atoms with Gasteiger partial charge in [-0.1, -0.05) is 13.8 Å². The summed E-state index contributed by atoms with van der Waals surface area (Å²) in [6, 6.07) is 0. The molecular weight excluding hydrogens is 300 g/mol. The van der Waals surface area contributed by atoms with Gasteiger partial charge in [0.1, 0.15) is 0 Å². The van der Waals surface area contributed by atoms with Gasteiger partial charge in [0, 0.05) is 45.8 Å². The summed E-state index contributed by atoms with van der Waals surface area (Å²) in [6.45, 7) is 12.4. The van der Waals surface area contributed by atoms with E-state index in [4.69, 9.17) is 4.98 Å². The van der Waals surface area contributed by atoms with E-state index in [0.717, 1.165) is 49.2 Å². The summed E-state index contributed by atoms with van der Waals surface area (Å²) < 4.78 is 0. The smallest absolute Gasteiger partial charge is 0.245 e. The lowest BCUT2D eigenvalue weighted by Crippen LogP contribution is -2.48. The van der Waals surface area contributed by atoms with Crippen molar-refractivity contribution in [2.45, 2.75) is 39.5 Å². The average molecular weight is 332 g/mol. The molecule has 0 aromatic carbocycles. The summed E-state index contributed by atoms with van der Waals surface area (Å²) in [5.41, 5.74) is 2.16. The number of hydrogen-bond acceptors (Lipinski definition) is 6. The van der Waals surface area contributed by atoms with Crippen LogP contribution < -0.4 is 4.90 Å². The molecule has 1 aromatic rings. The van der Waals surface area contributed by atoms with Crippen molar-refractivity contribution in [2.75, 3.05) is 57.8 Å². The van der Waals surface area contributed by atoms with Gasteiger partial charge in [-0.25, -0.2) is 4.98 Å². The van der Waals surface area contributed by atoms with Crippen LogP contribution in [0.2, 0.25) is 0 Å². The molecule has 2 aliphatic rings. The van der Waals surface area contributed by atoms with Crippen LogP contribution in [0, 0.1) is 5.92 Å². The standard InChI is InChI=1S/C18H32N6/c1-4-16-17(5-2)20-21-18(19-16)24-8-6-7-15(14-24)13-23-11-9-22(3)10-12-23/h15H,4-14H2,1-3H3. The molecule has 3 heterocycles. The third-order valence-electron chi connectivity index (χ3n) is 5.41. The Morgan fingerprint density at radius 3 is 2.42 bits per heavy atom. The maximum atomic E-state index is 4.81. The number of aryl methyl sites for hydroxylation is 2. The second kappa shape index (κ2) is 8.21. The molecule has 3 rings (SSSR count). The van der Waals surface area contributed by atoms with E-state index in [1.807, 2.05) is 0 Å². The van der Waals surface area contributed by atoms with Crippen molar-refractivity contribution in [1.29, 1.82) is 0 Å². The van der Waals surface area contributed by atoms with Gasteiger partial charge in [0.25, 0.3) is 0 Å². The highest BCUT2D eigenvalue weighted by molar-refractivity contribution is 5.31. The molecule has 1 unspecified atom stereocenters. The zero-order chi connectivity index (χ0) is 16.9. The molecule has 24 heavy (non-hydrogen) atoms. The van der Waals surface area contributed by atoms with Crippen LogP contribution in [0.3, 0.4) is 0 Å². The first-order valence-corrected chi connectivity index (χ1v) is 9.57. The first kappa shape index (κ1) is 17.5. The molecule has 0 spiro atoms. The van der Waals surface area contributed by atoms with E-state index in [0.29, 0.717) is 0 Å². The fourth-order valence-electron chi connectivity index (χ4n) is 3.85. The fourth-order valence-corrected chi connectivity index (χ4v) is 3.85. The van der Waals surface area contributed by atoms with Gasteiger partial charge in [-0.3, -0.25) is 0 Å². The van der Waals surface area contributed by atoms with Crippen molar-refractivity contribution in [3.63, 3.8) is 0 Å². The second-order valence-corrected chi connectivity index (χ2v) is 7.27. The molecule has 6 nitrogen and oxygen atoms in total. The number of piperazine rings is 1. The van der Waals surface area contributed by atoms with E-state index >= 15 is 0 Å². The quantitative estimate of drug-likeness (QED) is 0.814. The van der Waals surface area contributed by atoms with Crippen LogP contribution in [-0.2, 0) is 12.8 Å². The molecule has 2 aliphatic heterocycles. The zero-order valence-corrected chi connectivity index (χ0v) is 15.5. The Morgan fingerprint density at radius 1 is 0.958 bits per heavy atom. The lowest BCUT2D eigenvalue weighted by Gasteiger charge is -2.38. The topological polar surface area (TPSA) is 48.4 Å². The highest BCUT2D eigenvalue weighted by Crippen LogP contribution is 2.22. The van der Waals surface area contributed by atoms with Gasteiger partial charge in [0.15, 0.2) is 0 Å². The highest BCUT2D eigenvalue weighted by Gasteiger charge is 2.25. The van der Waals surface area contributed by atoms with Crippen molar-refractivity contribution < 1.29 is 0 Å².